The molecule has 2 heterocycles. The number of fused-ring (bicyclic) bond motifs is 1. The minimum atomic E-state index is -0.761. The van der Waals surface area contributed by atoms with Crippen LogP contribution >= 0.6 is 0 Å². The van der Waals surface area contributed by atoms with Gasteiger partial charge in [-0.1, -0.05) is 13.0 Å². The minimum absolute atomic E-state index is 0.0504. The number of likely N-dealkylation sites (tertiary alicyclic amines) is 1. The van der Waals surface area contributed by atoms with Crippen molar-refractivity contribution in [2.75, 3.05) is 40.4 Å². The van der Waals surface area contributed by atoms with Gasteiger partial charge in [0.05, 0.1) is 24.8 Å². The smallest absolute Gasteiger partial charge is 0.295 e. The van der Waals surface area contributed by atoms with Crippen LogP contribution in [0.15, 0.2) is 42.0 Å². The summed E-state index contributed by atoms with van der Waals surface area (Å²) >= 11 is 0. The number of benzene rings is 2. The topological polar surface area (TPSA) is 88.5 Å². The van der Waals surface area contributed by atoms with Gasteiger partial charge in [-0.05, 0) is 75.8 Å². The number of ether oxygens (including phenoxy) is 3. The first-order valence-corrected chi connectivity index (χ1v) is 12.9. The van der Waals surface area contributed by atoms with Gasteiger partial charge >= 0.3 is 0 Å². The van der Waals surface area contributed by atoms with Crippen molar-refractivity contribution >= 4 is 17.4 Å². The highest BCUT2D eigenvalue weighted by Gasteiger charge is 2.46. The zero-order valence-electron chi connectivity index (χ0n) is 22.2. The molecule has 2 aromatic carbocycles. The molecule has 8 heteroatoms. The quantitative estimate of drug-likeness (QED) is 0.293. The molecule has 1 fully saturated rings. The molecule has 4 rings (SSSR count). The van der Waals surface area contributed by atoms with Gasteiger partial charge < -0.3 is 29.1 Å². The van der Waals surface area contributed by atoms with Crippen LogP contribution in [0, 0.1) is 0 Å². The van der Waals surface area contributed by atoms with Gasteiger partial charge in [0.25, 0.3) is 11.7 Å². The molecule has 2 atom stereocenters. The van der Waals surface area contributed by atoms with Crippen LogP contribution in [-0.4, -0.2) is 73.1 Å². The van der Waals surface area contributed by atoms with Crippen molar-refractivity contribution in [3.63, 3.8) is 0 Å². The molecular formula is C29H36N2O6. The van der Waals surface area contributed by atoms with Crippen molar-refractivity contribution in [3.8, 4) is 17.2 Å². The first-order valence-electron chi connectivity index (χ1n) is 12.9. The van der Waals surface area contributed by atoms with Gasteiger partial charge in [-0.15, -0.1) is 0 Å². The van der Waals surface area contributed by atoms with E-state index in [0.29, 0.717) is 55.4 Å². The second-order valence-electron chi connectivity index (χ2n) is 9.74. The number of amides is 1. The number of hydrogen-bond acceptors (Lipinski definition) is 7. The Balaban J connectivity index is 1.82. The molecule has 0 aromatic heterocycles. The van der Waals surface area contributed by atoms with Gasteiger partial charge in [-0.3, -0.25) is 9.59 Å². The van der Waals surface area contributed by atoms with E-state index in [4.69, 9.17) is 14.2 Å². The van der Waals surface area contributed by atoms with Crippen molar-refractivity contribution in [3.05, 3.63) is 58.7 Å². The maximum absolute atomic E-state index is 13.4. The van der Waals surface area contributed by atoms with E-state index < -0.39 is 17.7 Å². The lowest BCUT2D eigenvalue weighted by Crippen LogP contribution is -2.35. The van der Waals surface area contributed by atoms with E-state index in [1.165, 1.54) is 4.90 Å². The van der Waals surface area contributed by atoms with E-state index in [1.807, 2.05) is 51.9 Å². The molecule has 2 aliphatic heterocycles. The average Bonchev–Trinajstić information content (AvgIpc) is 3.36. The summed E-state index contributed by atoms with van der Waals surface area (Å²) in [5, 5.41) is 11.4. The van der Waals surface area contributed by atoms with Crippen molar-refractivity contribution in [2.24, 2.45) is 0 Å². The zero-order valence-corrected chi connectivity index (χ0v) is 22.2. The molecule has 0 unspecified atom stereocenters. The number of aliphatic hydroxyl groups is 1. The summed E-state index contributed by atoms with van der Waals surface area (Å²) in [5.74, 6) is 0.394. The lowest BCUT2D eigenvalue weighted by atomic mass is 9.94. The Kier molecular flexibility index (Phi) is 8.07. The summed E-state index contributed by atoms with van der Waals surface area (Å²) in [7, 11) is 3.82. The molecule has 198 valence electrons. The Hall–Kier alpha value is -3.52. The third-order valence-corrected chi connectivity index (χ3v) is 6.54. The fourth-order valence-electron chi connectivity index (χ4n) is 4.78. The molecule has 0 radical (unpaired) electrons. The van der Waals surface area contributed by atoms with Gasteiger partial charge in [-0.2, -0.15) is 0 Å². The van der Waals surface area contributed by atoms with E-state index in [0.717, 1.165) is 17.7 Å². The number of ketones is 1. The van der Waals surface area contributed by atoms with Gasteiger partial charge in [0.1, 0.15) is 17.6 Å². The second-order valence-corrected chi connectivity index (χ2v) is 9.74. The Labute approximate surface area is 218 Å². The Morgan fingerprint density at radius 1 is 1.11 bits per heavy atom. The Bertz CT molecular complexity index is 1200. The van der Waals surface area contributed by atoms with Crippen molar-refractivity contribution in [1.82, 2.24) is 9.80 Å². The highest BCUT2D eigenvalue weighted by molar-refractivity contribution is 6.46. The van der Waals surface area contributed by atoms with Crippen molar-refractivity contribution < 1.29 is 28.9 Å². The van der Waals surface area contributed by atoms with Crippen LogP contribution in [0.3, 0.4) is 0 Å². The van der Waals surface area contributed by atoms with Gasteiger partial charge in [-0.25, -0.2) is 0 Å². The van der Waals surface area contributed by atoms with Gasteiger partial charge in [0.2, 0.25) is 0 Å². The summed E-state index contributed by atoms with van der Waals surface area (Å²) in [6, 6.07) is 10.0. The Morgan fingerprint density at radius 2 is 1.89 bits per heavy atom. The number of carbonyl (C=O) groups excluding carboxylic acids is 2. The van der Waals surface area contributed by atoms with E-state index in [-0.39, 0.29) is 17.4 Å². The van der Waals surface area contributed by atoms with Crippen molar-refractivity contribution in [1.29, 1.82) is 0 Å². The summed E-state index contributed by atoms with van der Waals surface area (Å²) in [6.45, 7) is 7.76. The highest BCUT2D eigenvalue weighted by Crippen LogP contribution is 2.42. The van der Waals surface area contributed by atoms with Crippen LogP contribution in [-0.2, 0) is 16.0 Å². The summed E-state index contributed by atoms with van der Waals surface area (Å²) in [4.78, 5) is 30.1. The number of carbonyl (C=O) groups is 2. The number of nitrogens with zero attached hydrogens (tertiary/aromatic N) is 2. The number of likely N-dealkylation sites (N-methyl/N-ethyl adjacent to an activating group) is 1. The number of aliphatic hydroxyl groups excluding tert-OH is 1. The van der Waals surface area contributed by atoms with Crippen LogP contribution in [0.2, 0.25) is 0 Å². The predicted molar refractivity (Wildman–Crippen MR) is 141 cm³/mol. The first-order chi connectivity index (χ1) is 17.7. The van der Waals surface area contributed by atoms with Gasteiger partial charge in [0.15, 0.2) is 11.5 Å². The molecule has 0 spiro atoms. The first kappa shape index (κ1) is 26.5. The molecule has 1 saturated heterocycles. The molecule has 37 heavy (non-hydrogen) atoms. The fourth-order valence-corrected chi connectivity index (χ4v) is 4.78. The molecule has 2 aromatic rings. The average molecular weight is 509 g/mol. The van der Waals surface area contributed by atoms with Crippen LogP contribution < -0.4 is 14.2 Å². The minimum Gasteiger partial charge on any atom is -0.507 e. The molecule has 0 bridgehead atoms. The third kappa shape index (κ3) is 5.44. The fraction of sp³-hybridized carbons (Fsp3) is 0.448. The normalized spacial score (nSPS) is 20.3. The largest absolute Gasteiger partial charge is 0.507 e. The molecule has 0 saturated carbocycles. The molecule has 8 nitrogen and oxygen atoms in total. The maximum Gasteiger partial charge on any atom is 0.295 e. The van der Waals surface area contributed by atoms with Crippen LogP contribution in [0.25, 0.3) is 5.76 Å². The molecule has 1 N–H and O–H groups in total. The van der Waals surface area contributed by atoms with E-state index >= 15 is 0 Å². The molecule has 1 amide bonds. The number of hydrogen-bond donors (Lipinski definition) is 1. The summed E-state index contributed by atoms with van der Waals surface area (Å²) in [6.07, 6.45) is 1.62. The van der Waals surface area contributed by atoms with Crippen LogP contribution in [0.4, 0.5) is 0 Å². The summed E-state index contributed by atoms with van der Waals surface area (Å²) in [5.41, 5.74) is 2.19. The molecular weight excluding hydrogens is 472 g/mol. The molecule has 2 aliphatic rings. The monoisotopic (exact) mass is 508 g/mol. The van der Waals surface area contributed by atoms with Crippen molar-refractivity contribution in [2.45, 2.75) is 45.8 Å². The SMILES string of the molecule is CCCOc1ccc([C@@H]2/C(=C(\O)c3ccc4c(c3)C[C@H](C)O4)C(=O)C(=O)N2CCN(C)C)cc1OCC. The Morgan fingerprint density at radius 3 is 2.59 bits per heavy atom. The maximum atomic E-state index is 13.4. The van der Waals surface area contributed by atoms with Crippen LogP contribution in [0.1, 0.15) is 49.9 Å². The third-order valence-electron chi connectivity index (χ3n) is 6.54. The van der Waals surface area contributed by atoms with E-state index in [1.54, 1.807) is 24.3 Å². The predicted octanol–water partition coefficient (Wildman–Crippen LogP) is 4.18. The zero-order chi connectivity index (χ0) is 26.7. The standard InChI is InChI=1S/C29H36N2O6/c1-6-14-36-23-11-8-19(17-24(23)35-7-2)26-25(28(33)29(34)31(26)13-12-30(4)5)27(32)20-9-10-22-21(16-20)15-18(3)37-22/h8-11,16-18,26,32H,6-7,12-15H2,1-5H3/b27-25+/t18-,26+/m0/s1. The van der Waals surface area contributed by atoms with E-state index in [2.05, 4.69) is 0 Å². The number of rotatable bonds is 10. The lowest BCUT2D eigenvalue weighted by molar-refractivity contribution is -0.140. The summed E-state index contributed by atoms with van der Waals surface area (Å²) < 4.78 is 17.5. The van der Waals surface area contributed by atoms with Gasteiger partial charge in [0, 0.05) is 25.1 Å². The highest BCUT2D eigenvalue weighted by atomic mass is 16.5. The molecule has 0 aliphatic carbocycles. The second kappa shape index (κ2) is 11.3. The lowest BCUT2D eigenvalue weighted by Gasteiger charge is -2.27. The number of Topliss-reactive ketones (excluding diaryl/α,β-unsaturated/α-hetero) is 1. The van der Waals surface area contributed by atoms with E-state index in [9.17, 15) is 14.7 Å². The van der Waals surface area contributed by atoms with Crippen LogP contribution in [0.5, 0.6) is 17.2 Å².